The zero-order chi connectivity index (χ0) is 17.2. The maximum absolute atomic E-state index is 6.29. The molecule has 2 aromatic carbocycles. The number of rotatable bonds is 5. The normalized spacial score (nSPS) is 20.8. The lowest BCUT2D eigenvalue weighted by Crippen LogP contribution is -2.41. The number of hydrogen-bond acceptors (Lipinski definition) is 3. The fraction of sp³-hybridized carbons (Fsp3) is 0.400. The van der Waals surface area contributed by atoms with Crippen molar-refractivity contribution in [1.82, 2.24) is 0 Å². The van der Waals surface area contributed by atoms with E-state index in [9.17, 15) is 0 Å². The lowest BCUT2D eigenvalue weighted by atomic mass is 9.90. The van der Waals surface area contributed by atoms with Crippen molar-refractivity contribution < 1.29 is 13.6 Å². The average molecular weight is 344 g/mol. The predicted molar refractivity (Wildman–Crippen MR) is 97.7 cm³/mol. The molecule has 3 nitrogen and oxygen atoms in total. The van der Waals surface area contributed by atoms with Crippen molar-refractivity contribution >= 4 is 8.60 Å². The number of hydrogen-bond donors (Lipinski definition) is 0. The van der Waals surface area contributed by atoms with Crippen molar-refractivity contribution in [2.45, 2.75) is 51.4 Å². The summed E-state index contributed by atoms with van der Waals surface area (Å²) in [6.45, 7) is 8.20. The van der Waals surface area contributed by atoms with Crippen LogP contribution in [0.2, 0.25) is 0 Å². The molecule has 0 bridgehead atoms. The second-order valence-electron chi connectivity index (χ2n) is 7.12. The summed E-state index contributed by atoms with van der Waals surface area (Å²) < 4.78 is 18.4. The highest BCUT2D eigenvalue weighted by Crippen LogP contribution is 2.60. The highest BCUT2D eigenvalue weighted by atomic mass is 31.2. The van der Waals surface area contributed by atoms with E-state index in [4.69, 9.17) is 13.6 Å². The van der Waals surface area contributed by atoms with Gasteiger partial charge in [-0.2, -0.15) is 0 Å². The molecule has 1 saturated heterocycles. The van der Waals surface area contributed by atoms with Gasteiger partial charge in [-0.15, -0.1) is 0 Å². The van der Waals surface area contributed by atoms with Crippen molar-refractivity contribution in [3.05, 3.63) is 71.8 Å². The minimum Gasteiger partial charge on any atom is -0.304 e. The minimum atomic E-state index is -1.38. The van der Waals surface area contributed by atoms with Gasteiger partial charge in [0.15, 0.2) is 0 Å². The van der Waals surface area contributed by atoms with Gasteiger partial charge in [0.05, 0.1) is 6.10 Å². The largest absolute Gasteiger partial charge is 0.334 e. The first-order chi connectivity index (χ1) is 11.4. The van der Waals surface area contributed by atoms with Crippen molar-refractivity contribution in [1.29, 1.82) is 0 Å². The molecule has 1 unspecified atom stereocenters. The smallest absolute Gasteiger partial charge is 0.304 e. The Balaban J connectivity index is 1.79. The van der Waals surface area contributed by atoms with E-state index < -0.39 is 8.60 Å². The van der Waals surface area contributed by atoms with Crippen LogP contribution in [0.1, 0.15) is 44.9 Å². The van der Waals surface area contributed by atoms with Gasteiger partial charge >= 0.3 is 8.60 Å². The third kappa shape index (κ3) is 3.87. The van der Waals surface area contributed by atoms with Crippen LogP contribution in [0.4, 0.5) is 0 Å². The molecule has 1 atom stereocenters. The summed E-state index contributed by atoms with van der Waals surface area (Å²) in [4.78, 5) is 0. The molecule has 0 spiro atoms. The van der Waals surface area contributed by atoms with Crippen LogP contribution in [-0.2, 0) is 20.0 Å². The maximum Gasteiger partial charge on any atom is 0.334 e. The summed E-state index contributed by atoms with van der Waals surface area (Å²) in [6.07, 6.45) is 0.696. The average Bonchev–Trinajstić information content (AvgIpc) is 2.75. The first-order valence-corrected chi connectivity index (χ1v) is 9.41. The molecular weight excluding hydrogens is 319 g/mol. The van der Waals surface area contributed by atoms with Gasteiger partial charge < -0.3 is 13.6 Å². The molecule has 128 valence electrons. The van der Waals surface area contributed by atoms with Crippen molar-refractivity contribution in [2.75, 3.05) is 0 Å². The molecule has 0 aromatic heterocycles. The maximum atomic E-state index is 6.29. The third-order valence-electron chi connectivity index (χ3n) is 4.70. The standard InChI is InChI=1S/C20H25O3P/c1-19(2)20(3,4)23-24(22-19)21-18(17-13-9-6-10-14-17)15-16-11-7-5-8-12-16/h5-14,18H,15H2,1-4H3. The molecule has 24 heavy (non-hydrogen) atoms. The summed E-state index contributed by atoms with van der Waals surface area (Å²) in [5, 5.41) is 0. The van der Waals surface area contributed by atoms with Gasteiger partial charge in [-0.05, 0) is 38.8 Å². The van der Waals surface area contributed by atoms with Crippen LogP contribution >= 0.6 is 8.60 Å². The Hall–Kier alpha value is -1.25. The Morgan fingerprint density at radius 1 is 0.833 bits per heavy atom. The van der Waals surface area contributed by atoms with Gasteiger partial charge in [0.2, 0.25) is 0 Å². The fourth-order valence-electron chi connectivity index (χ4n) is 2.47. The van der Waals surface area contributed by atoms with Crippen LogP contribution in [0.5, 0.6) is 0 Å². The molecule has 0 saturated carbocycles. The van der Waals surface area contributed by atoms with Gasteiger partial charge in [-0.25, -0.2) is 0 Å². The van der Waals surface area contributed by atoms with Crippen LogP contribution in [-0.4, -0.2) is 11.2 Å². The Morgan fingerprint density at radius 2 is 1.33 bits per heavy atom. The summed E-state index contributed by atoms with van der Waals surface area (Å²) in [6, 6.07) is 20.7. The van der Waals surface area contributed by atoms with Gasteiger partial charge in [0.25, 0.3) is 0 Å². The lowest BCUT2D eigenvalue weighted by molar-refractivity contribution is 0.00578. The predicted octanol–water partition coefficient (Wildman–Crippen LogP) is 5.82. The highest BCUT2D eigenvalue weighted by Gasteiger charge is 2.51. The van der Waals surface area contributed by atoms with Crippen LogP contribution in [0.15, 0.2) is 60.7 Å². The first-order valence-electron chi connectivity index (χ1n) is 8.31. The summed E-state index contributed by atoms with van der Waals surface area (Å²) >= 11 is 0. The van der Waals surface area contributed by atoms with Crippen LogP contribution in [0, 0.1) is 0 Å². The van der Waals surface area contributed by atoms with Crippen molar-refractivity contribution in [3.63, 3.8) is 0 Å². The van der Waals surface area contributed by atoms with Crippen molar-refractivity contribution in [3.8, 4) is 0 Å². The summed E-state index contributed by atoms with van der Waals surface area (Å²) in [5.41, 5.74) is 1.64. The zero-order valence-corrected chi connectivity index (χ0v) is 15.6. The third-order valence-corrected chi connectivity index (χ3v) is 6.34. The molecule has 2 aromatic rings. The Bertz CT molecular complexity index is 639. The Kier molecular flexibility index (Phi) is 5.08. The lowest BCUT2D eigenvalue weighted by Gasteiger charge is -2.29. The fourth-order valence-corrected chi connectivity index (χ4v) is 4.18. The number of benzene rings is 2. The molecule has 4 heteroatoms. The zero-order valence-electron chi connectivity index (χ0n) is 14.7. The van der Waals surface area contributed by atoms with E-state index in [1.54, 1.807) is 0 Å². The first kappa shape index (κ1) is 17.6. The van der Waals surface area contributed by atoms with E-state index in [2.05, 4.69) is 36.4 Å². The second-order valence-corrected chi connectivity index (χ2v) is 8.14. The van der Waals surface area contributed by atoms with E-state index in [1.807, 2.05) is 52.0 Å². The van der Waals surface area contributed by atoms with Crippen molar-refractivity contribution in [2.24, 2.45) is 0 Å². The monoisotopic (exact) mass is 344 g/mol. The summed E-state index contributed by atoms with van der Waals surface area (Å²) in [7, 11) is -1.38. The van der Waals surface area contributed by atoms with Crippen LogP contribution < -0.4 is 0 Å². The van der Waals surface area contributed by atoms with E-state index in [-0.39, 0.29) is 17.3 Å². The van der Waals surface area contributed by atoms with E-state index in [0.717, 1.165) is 12.0 Å². The quantitative estimate of drug-likeness (QED) is 0.640. The van der Waals surface area contributed by atoms with E-state index in [0.29, 0.717) is 0 Å². The Labute approximate surface area is 146 Å². The minimum absolute atomic E-state index is 0.0931. The molecule has 1 aliphatic rings. The van der Waals surface area contributed by atoms with Crippen LogP contribution in [0.3, 0.4) is 0 Å². The van der Waals surface area contributed by atoms with E-state index >= 15 is 0 Å². The molecule has 0 radical (unpaired) electrons. The topological polar surface area (TPSA) is 27.7 Å². The van der Waals surface area contributed by atoms with Gasteiger partial charge in [-0.1, -0.05) is 60.7 Å². The molecule has 1 aliphatic heterocycles. The Morgan fingerprint density at radius 3 is 1.88 bits per heavy atom. The van der Waals surface area contributed by atoms with Crippen LogP contribution in [0.25, 0.3) is 0 Å². The van der Waals surface area contributed by atoms with Gasteiger partial charge in [0, 0.05) is 6.42 Å². The molecule has 1 fully saturated rings. The van der Waals surface area contributed by atoms with Gasteiger partial charge in [0.1, 0.15) is 11.2 Å². The molecule has 3 rings (SSSR count). The highest BCUT2D eigenvalue weighted by molar-refractivity contribution is 7.42. The second kappa shape index (κ2) is 6.93. The molecular formula is C20H25O3P. The molecule has 1 heterocycles. The molecule has 0 amide bonds. The van der Waals surface area contributed by atoms with E-state index in [1.165, 1.54) is 5.56 Å². The van der Waals surface area contributed by atoms with Gasteiger partial charge in [-0.3, -0.25) is 0 Å². The molecule has 0 N–H and O–H groups in total. The molecule has 0 aliphatic carbocycles. The SMILES string of the molecule is CC1(C)OP(OC(Cc2ccccc2)c2ccccc2)OC1(C)C. The summed E-state index contributed by atoms with van der Waals surface area (Å²) in [5.74, 6) is 0.